The van der Waals surface area contributed by atoms with Crippen molar-refractivity contribution in [2.45, 2.75) is 18.9 Å². The highest BCUT2D eigenvalue weighted by Crippen LogP contribution is 2.44. The van der Waals surface area contributed by atoms with Crippen LogP contribution in [0.2, 0.25) is 0 Å². The molecule has 2 aromatic carbocycles. The number of hydrogen-bond donors (Lipinski definition) is 1. The topological polar surface area (TPSA) is 79.7 Å². The summed E-state index contributed by atoms with van der Waals surface area (Å²) in [5.74, 6) is -1.01. The minimum Gasteiger partial charge on any atom is -0.476 e. The quantitative estimate of drug-likeness (QED) is 0.707. The largest absolute Gasteiger partial charge is 0.476 e. The highest BCUT2D eigenvalue weighted by atomic mass is 32.1. The van der Waals surface area contributed by atoms with Gasteiger partial charge in [0.05, 0.1) is 12.2 Å². The van der Waals surface area contributed by atoms with Gasteiger partial charge in [-0.2, -0.15) is 0 Å². The third-order valence-electron chi connectivity index (χ3n) is 5.51. The predicted molar refractivity (Wildman–Crippen MR) is 108 cm³/mol. The molecule has 1 N–H and O–H groups in total. The summed E-state index contributed by atoms with van der Waals surface area (Å²) in [5, 5.41) is 9.19. The Hall–Kier alpha value is -3.19. The zero-order chi connectivity index (χ0) is 20.0. The number of nitrogens with zero attached hydrogens (tertiary/aromatic N) is 2. The van der Waals surface area contributed by atoms with E-state index in [4.69, 9.17) is 9.84 Å². The van der Waals surface area contributed by atoms with E-state index in [1.165, 1.54) is 22.3 Å². The van der Waals surface area contributed by atoms with Crippen molar-refractivity contribution in [2.24, 2.45) is 0 Å². The number of benzene rings is 2. The number of carboxylic acids is 1. The second-order valence-electron chi connectivity index (χ2n) is 7.17. The van der Waals surface area contributed by atoms with E-state index in [2.05, 4.69) is 29.2 Å². The number of thiazole rings is 1. The summed E-state index contributed by atoms with van der Waals surface area (Å²) >= 11 is 1.13. The highest BCUT2D eigenvalue weighted by molar-refractivity contribution is 7.13. The predicted octanol–water partition coefficient (Wildman–Crippen LogP) is 4.15. The van der Waals surface area contributed by atoms with E-state index in [1.54, 1.807) is 4.90 Å². The number of amides is 1. The summed E-state index contributed by atoms with van der Waals surface area (Å²) in [6.07, 6.45) is 0.173. The molecule has 0 saturated heterocycles. The van der Waals surface area contributed by atoms with Crippen LogP contribution in [0.4, 0.5) is 4.79 Å². The molecule has 29 heavy (non-hydrogen) atoms. The monoisotopic (exact) mass is 406 g/mol. The fourth-order valence-electron chi connectivity index (χ4n) is 4.13. The van der Waals surface area contributed by atoms with Crippen LogP contribution in [0.1, 0.15) is 37.4 Å². The molecule has 0 spiro atoms. The molecule has 6 nitrogen and oxygen atoms in total. The average Bonchev–Trinajstić information content (AvgIpc) is 3.31. The van der Waals surface area contributed by atoms with Gasteiger partial charge in [0.2, 0.25) is 5.01 Å². The van der Waals surface area contributed by atoms with Gasteiger partial charge in [-0.25, -0.2) is 14.6 Å². The van der Waals surface area contributed by atoms with Crippen molar-refractivity contribution < 1.29 is 19.4 Å². The fraction of sp³-hybridized carbons (Fsp3) is 0.227. The molecular formula is C22H18N2O4S. The number of aromatic carboxylic acids is 1. The average molecular weight is 406 g/mol. The molecule has 0 fully saturated rings. The van der Waals surface area contributed by atoms with Gasteiger partial charge in [0.25, 0.3) is 0 Å². The Morgan fingerprint density at radius 2 is 1.76 bits per heavy atom. The molecule has 2 heterocycles. The highest BCUT2D eigenvalue weighted by Gasteiger charge is 2.31. The SMILES string of the molecule is O=C(O)c1nc2c(s1)CN(C(=O)OCC1c3ccccc3-c3ccccc31)CC2. The summed E-state index contributed by atoms with van der Waals surface area (Å²) < 4.78 is 5.70. The Morgan fingerprint density at radius 3 is 2.41 bits per heavy atom. The first-order valence-electron chi connectivity index (χ1n) is 9.43. The molecule has 0 atom stereocenters. The molecule has 0 saturated carbocycles. The van der Waals surface area contributed by atoms with Gasteiger partial charge in [0, 0.05) is 23.8 Å². The van der Waals surface area contributed by atoms with Crippen molar-refractivity contribution in [3.8, 4) is 11.1 Å². The van der Waals surface area contributed by atoms with E-state index in [0.717, 1.165) is 21.9 Å². The number of carboxylic acid groups (broad SMARTS) is 1. The number of aromatic nitrogens is 1. The van der Waals surface area contributed by atoms with E-state index >= 15 is 0 Å². The van der Waals surface area contributed by atoms with Crippen LogP contribution in [0.3, 0.4) is 0 Å². The second kappa shape index (κ2) is 7.00. The maximum absolute atomic E-state index is 12.7. The molecule has 1 amide bonds. The normalized spacial score (nSPS) is 14.8. The third-order valence-corrected chi connectivity index (χ3v) is 6.58. The molecule has 146 valence electrons. The van der Waals surface area contributed by atoms with Gasteiger partial charge >= 0.3 is 12.1 Å². The first-order valence-corrected chi connectivity index (χ1v) is 10.3. The fourth-order valence-corrected chi connectivity index (χ4v) is 5.09. The molecule has 7 heteroatoms. The smallest absolute Gasteiger partial charge is 0.410 e. The van der Waals surface area contributed by atoms with Crippen molar-refractivity contribution in [3.05, 3.63) is 75.2 Å². The maximum Gasteiger partial charge on any atom is 0.410 e. The number of carbonyl (C=O) groups is 2. The molecule has 5 rings (SSSR count). The number of hydrogen-bond acceptors (Lipinski definition) is 5. The Balaban J connectivity index is 1.31. The van der Waals surface area contributed by atoms with Gasteiger partial charge in [-0.3, -0.25) is 0 Å². The van der Waals surface area contributed by atoms with Crippen LogP contribution in [0.15, 0.2) is 48.5 Å². The van der Waals surface area contributed by atoms with Crippen molar-refractivity contribution in [2.75, 3.05) is 13.2 Å². The lowest BCUT2D eigenvalue weighted by molar-refractivity contribution is 0.0695. The van der Waals surface area contributed by atoms with Crippen LogP contribution < -0.4 is 0 Å². The Bertz CT molecular complexity index is 1080. The van der Waals surface area contributed by atoms with Crippen LogP contribution in [0.5, 0.6) is 0 Å². The van der Waals surface area contributed by atoms with Gasteiger partial charge in [-0.1, -0.05) is 48.5 Å². The summed E-state index contributed by atoms with van der Waals surface area (Å²) in [7, 11) is 0. The third kappa shape index (κ3) is 3.07. The number of rotatable bonds is 3. The molecule has 1 aromatic heterocycles. The number of ether oxygens (including phenoxy) is 1. The minimum absolute atomic E-state index is 0.0220. The summed E-state index contributed by atoms with van der Waals surface area (Å²) in [6, 6.07) is 16.5. The lowest BCUT2D eigenvalue weighted by Crippen LogP contribution is -2.36. The van der Waals surface area contributed by atoms with Gasteiger partial charge in [0.1, 0.15) is 6.61 Å². The summed E-state index contributed by atoms with van der Waals surface area (Å²) in [5.41, 5.74) is 5.51. The van der Waals surface area contributed by atoms with Crippen LogP contribution >= 0.6 is 11.3 Å². The van der Waals surface area contributed by atoms with Crippen LogP contribution in [0, 0.1) is 0 Å². The van der Waals surface area contributed by atoms with Crippen molar-refractivity contribution in [1.82, 2.24) is 9.88 Å². The first-order chi connectivity index (χ1) is 14.1. The Labute approximate surface area is 171 Å². The molecule has 0 unspecified atom stereocenters. The standard InChI is InChI=1S/C22H18N2O4S/c25-21(26)20-23-18-9-10-24(11-19(18)29-20)22(27)28-12-17-15-7-3-1-5-13(15)14-6-2-4-8-16(14)17/h1-8,17H,9-12H2,(H,25,26). The van der Waals surface area contributed by atoms with E-state index in [0.29, 0.717) is 19.5 Å². The summed E-state index contributed by atoms with van der Waals surface area (Å²) in [4.78, 5) is 30.4. The van der Waals surface area contributed by atoms with E-state index in [-0.39, 0.29) is 23.6 Å². The van der Waals surface area contributed by atoms with Crippen molar-refractivity contribution in [1.29, 1.82) is 0 Å². The van der Waals surface area contributed by atoms with Crippen molar-refractivity contribution in [3.63, 3.8) is 0 Å². The van der Waals surface area contributed by atoms with Crippen LogP contribution in [-0.4, -0.2) is 40.2 Å². The molecule has 1 aliphatic heterocycles. The van der Waals surface area contributed by atoms with E-state index in [1.807, 2.05) is 24.3 Å². The Morgan fingerprint density at radius 1 is 1.10 bits per heavy atom. The van der Waals surface area contributed by atoms with E-state index < -0.39 is 5.97 Å². The first kappa shape index (κ1) is 17.9. The molecular weight excluding hydrogens is 388 g/mol. The molecule has 2 aliphatic rings. The minimum atomic E-state index is -1.03. The molecule has 1 aliphatic carbocycles. The van der Waals surface area contributed by atoms with Crippen LogP contribution in [-0.2, 0) is 17.7 Å². The Kier molecular flexibility index (Phi) is 4.32. The van der Waals surface area contributed by atoms with Gasteiger partial charge in [0.15, 0.2) is 0 Å². The van der Waals surface area contributed by atoms with Gasteiger partial charge < -0.3 is 14.7 Å². The number of fused-ring (bicyclic) bond motifs is 4. The lowest BCUT2D eigenvalue weighted by atomic mass is 9.98. The lowest BCUT2D eigenvalue weighted by Gasteiger charge is -2.26. The van der Waals surface area contributed by atoms with Crippen LogP contribution in [0.25, 0.3) is 11.1 Å². The zero-order valence-electron chi connectivity index (χ0n) is 15.5. The molecule has 3 aromatic rings. The summed E-state index contributed by atoms with van der Waals surface area (Å²) in [6.45, 7) is 1.10. The van der Waals surface area contributed by atoms with Gasteiger partial charge in [-0.15, -0.1) is 11.3 Å². The molecule has 0 bridgehead atoms. The molecule has 0 radical (unpaired) electrons. The zero-order valence-corrected chi connectivity index (χ0v) is 16.3. The maximum atomic E-state index is 12.7. The number of carbonyl (C=O) groups excluding carboxylic acids is 1. The van der Waals surface area contributed by atoms with Gasteiger partial charge in [-0.05, 0) is 22.3 Å². The van der Waals surface area contributed by atoms with E-state index in [9.17, 15) is 9.59 Å². The van der Waals surface area contributed by atoms with Crippen molar-refractivity contribution >= 4 is 23.4 Å². The second-order valence-corrected chi connectivity index (χ2v) is 8.25.